The Morgan fingerprint density at radius 1 is 0.935 bits per heavy atom. The van der Waals surface area contributed by atoms with Crippen LogP contribution in [0.15, 0.2) is 77.7 Å². The Kier molecular flexibility index (Phi) is 5.68. The van der Waals surface area contributed by atoms with E-state index in [0.29, 0.717) is 5.56 Å². The molecule has 0 amide bonds. The van der Waals surface area contributed by atoms with Crippen LogP contribution in [0.25, 0.3) is 21.7 Å². The first kappa shape index (κ1) is 20.9. The van der Waals surface area contributed by atoms with Gasteiger partial charge in [0.25, 0.3) is 15.7 Å². The number of aromatic nitrogens is 2. The lowest BCUT2D eigenvalue weighted by molar-refractivity contribution is -0.384. The number of hydrogen-bond acceptors (Lipinski definition) is 7. The number of halogens is 1. The van der Waals surface area contributed by atoms with Crippen LogP contribution in [0.3, 0.4) is 0 Å². The van der Waals surface area contributed by atoms with Gasteiger partial charge < -0.3 is 0 Å². The van der Waals surface area contributed by atoms with Crippen LogP contribution in [0, 0.1) is 10.1 Å². The normalized spacial score (nSPS) is 11.3. The summed E-state index contributed by atoms with van der Waals surface area (Å²) in [6, 6.07) is 20.0. The zero-order valence-corrected chi connectivity index (χ0v) is 18.0. The predicted octanol–water partition coefficient (Wildman–Crippen LogP) is 5.23. The first-order valence-corrected chi connectivity index (χ1v) is 11.5. The van der Waals surface area contributed by atoms with Crippen molar-refractivity contribution in [1.82, 2.24) is 10.2 Å². The minimum Gasteiger partial charge on any atom is -0.258 e. The number of nitro groups is 1. The van der Waals surface area contributed by atoms with Gasteiger partial charge in [-0.3, -0.25) is 14.8 Å². The van der Waals surface area contributed by atoms with Crippen LogP contribution in [-0.4, -0.2) is 23.5 Å². The summed E-state index contributed by atoms with van der Waals surface area (Å²) in [6.45, 7) is 0. The molecule has 1 N–H and O–H groups in total. The fourth-order valence-corrected chi connectivity index (χ4v) is 5.06. The number of nitro benzene ring substituents is 1. The van der Waals surface area contributed by atoms with E-state index in [0.717, 1.165) is 22.5 Å². The van der Waals surface area contributed by atoms with E-state index in [1.54, 1.807) is 12.1 Å². The first-order valence-electron chi connectivity index (χ1n) is 8.79. The zero-order chi connectivity index (χ0) is 22.0. The van der Waals surface area contributed by atoms with Crippen molar-refractivity contribution in [2.45, 2.75) is 4.90 Å². The van der Waals surface area contributed by atoms with Gasteiger partial charge in [-0.15, -0.1) is 10.2 Å². The van der Waals surface area contributed by atoms with Crippen molar-refractivity contribution in [2.75, 3.05) is 4.72 Å². The SMILES string of the molecule is O=[N+]([O-])c1ccc(Cl)c(-c2nnc(NS(=O)(=O)c3ccc(-c4ccccc4)cc3)s2)c1. The number of benzene rings is 3. The van der Waals surface area contributed by atoms with Crippen molar-refractivity contribution in [3.05, 3.63) is 87.9 Å². The molecule has 1 aromatic heterocycles. The number of non-ortho nitro benzene ring substituents is 1. The van der Waals surface area contributed by atoms with Crippen molar-refractivity contribution in [3.63, 3.8) is 0 Å². The molecule has 0 aliphatic carbocycles. The van der Waals surface area contributed by atoms with Gasteiger partial charge in [-0.05, 0) is 29.3 Å². The molecule has 0 saturated carbocycles. The van der Waals surface area contributed by atoms with E-state index in [2.05, 4.69) is 14.9 Å². The van der Waals surface area contributed by atoms with Crippen LogP contribution in [0.5, 0.6) is 0 Å². The van der Waals surface area contributed by atoms with Crippen molar-refractivity contribution < 1.29 is 13.3 Å². The second-order valence-corrected chi connectivity index (χ2v) is 9.40. The molecule has 31 heavy (non-hydrogen) atoms. The average Bonchev–Trinajstić information content (AvgIpc) is 3.22. The Morgan fingerprint density at radius 2 is 1.61 bits per heavy atom. The molecule has 0 atom stereocenters. The molecule has 156 valence electrons. The van der Waals surface area contributed by atoms with Gasteiger partial charge in [0.1, 0.15) is 0 Å². The van der Waals surface area contributed by atoms with Gasteiger partial charge in [-0.1, -0.05) is 65.4 Å². The van der Waals surface area contributed by atoms with Gasteiger partial charge in [0.2, 0.25) is 5.13 Å². The second kappa shape index (κ2) is 8.42. The molecule has 1 heterocycles. The maximum absolute atomic E-state index is 12.7. The third-order valence-electron chi connectivity index (χ3n) is 4.31. The molecular weight excluding hydrogens is 460 g/mol. The van der Waals surface area contributed by atoms with Gasteiger partial charge in [-0.25, -0.2) is 8.42 Å². The van der Waals surface area contributed by atoms with E-state index in [-0.39, 0.29) is 25.7 Å². The van der Waals surface area contributed by atoms with Crippen molar-refractivity contribution in [1.29, 1.82) is 0 Å². The van der Waals surface area contributed by atoms with Gasteiger partial charge in [0, 0.05) is 17.7 Å². The number of anilines is 1. The maximum atomic E-state index is 12.7. The van der Waals surface area contributed by atoms with Crippen molar-refractivity contribution in [3.8, 4) is 21.7 Å². The lowest BCUT2D eigenvalue weighted by Gasteiger charge is -2.06. The molecule has 0 bridgehead atoms. The number of nitrogens with one attached hydrogen (secondary N) is 1. The van der Waals surface area contributed by atoms with E-state index >= 15 is 0 Å². The van der Waals surface area contributed by atoms with Gasteiger partial charge in [0.05, 0.1) is 14.8 Å². The summed E-state index contributed by atoms with van der Waals surface area (Å²) in [5, 5.41) is 19.3. The smallest absolute Gasteiger partial charge is 0.258 e. The Hall–Kier alpha value is -3.34. The summed E-state index contributed by atoms with van der Waals surface area (Å²) in [4.78, 5) is 10.5. The van der Waals surface area contributed by atoms with Gasteiger partial charge in [-0.2, -0.15) is 0 Å². The fourth-order valence-electron chi connectivity index (χ4n) is 2.80. The zero-order valence-electron chi connectivity index (χ0n) is 15.6. The van der Waals surface area contributed by atoms with Crippen LogP contribution >= 0.6 is 22.9 Å². The highest BCUT2D eigenvalue weighted by Gasteiger charge is 2.19. The molecule has 0 radical (unpaired) electrons. The summed E-state index contributed by atoms with van der Waals surface area (Å²) < 4.78 is 27.8. The third-order valence-corrected chi connectivity index (χ3v) is 7.00. The molecule has 8 nitrogen and oxygen atoms in total. The second-order valence-electron chi connectivity index (χ2n) is 6.33. The first-order chi connectivity index (χ1) is 14.8. The Bertz CT molecular complexity index is 1360. The molecule has 0 saturated heterocycles. The maximum Gasteiger partial charge on any atom is 0.270 e. The number of hydrogen-bond donors (Lipinski definition) is 1. The highest BCUT2D eigenvalue weighted by molar-refractivity contribution is 7.93. The molecule has 3 aromatic carbocycles. The highest BCUT2D eigenvalue weighted by Crippen LogP contribution is 2.35. The number of nitrogens with zero attached hydrogens (tertiary/aromatic N) is 3. The lowest BCUT2D eigenvalue weighted by atomic mass is 10.1. The fraction of sp³-hybridized carbons (Fsp3) is 0. The Balaban J connectivity index is 1.57. The third kappa shape index (κ3) is 4.55. The lowest BCUT2D eigenvalue weighted by Crippen LogP contribution is -2.12. The van der Waals surface area contributed by atoms with E-state index in [4.69, 9.17) is 11.6 Å². The molecule has 0 unspecified atom stereocenters. The quantitative estimate of drug-likeness (QED) is 0.303. The number of sulfonamides is 1. The monoisotopic (exact) mass is 472 g/mol. The molecule has 0 spiro atoms. The Labute approximate surface area is 186 Å². The van der Waals surface area contributed by atoms with E-state index in [1.165, 1.54) is 30.3 Å². The topological polar surface area (TPSA) is 115 Å². The molecule has 0 fully saturated rings. The summed E-state index contributed by atoms with van der Waals surface area (Å²) in [5.41, 5.74) is 2.00. The van der Waals surface area contributed by atoms with Crippen molar-refractivity contribution >= 4 is 43.8 Å². The molecule has 4 rings (SSSR count). The average molecular weight is 473 g/mol. The summed E-state index contributed by atoms with van der Waals surface area (Å²) >= 11 is 7.04. The molecule has 4 aromatic rings. The summed E-state index contributed by atoms with van der Waals surface area (Å²) in [5.74, 6) is 0. The molecule has 0 aliphatic rings. The van der Waals surface area contributed by atoms with E-state index in [1.807, 2.05) is 30.3 Å². The van der Waals surface area contributed by atoms with Gasteiger partial charge in [0.15, 0.2) is 5.01 Å². The molecule has 11 heteroatoms. The van der Waals surface area contributed by atoms with Crippen LogP contribution in [-0.2, 0) is 10.0 Å². The minimum atomic E-state index is -3.90. The van der Waals surface area contributed by atoms with Gasteiger partial charge >= 0.3 is 0 Å². The van der Waals surface area contributed by atoms with Crippen molar-refractivity contribution in [2.24, 2.45) is 0 Å². The predicted molar refractivity (Wildman–Crippen MR) is 120 cm³/mol. The van der Waals surface area contributed by atoms with E-state index < -0.39 is 14.9 Å². The standard InChI is InChI=1S/C20H13ClN4O4S2/c21-18-11-8-15(25(26)27)12-17(18)19-22-23-20(30-19)24-31(28,29)16-9-6-14(7-10-16)13-4-2-1-3-5-13/h1-12H,(H,23,24). The summed E-state index contributed by atoms with van der Waals surface area (Å²) in [6.07, 6.45) is 0. The molecular formula is C20H13ClN4O4S2. The minimum absolute atomic E-state index is 0.0182. The van der Waals surface area contributed by atoms with E-state index in [9.17, 15) is 18.5 Å². The van der Waals surface area contributed by atoms with Crippen LogP contribution < -0.4 is 4.72 Å². The highest BCUT2D eigenvalue weighted by atomic mass is 35.5. The largest absolute Gasteiger partial charge is 0.270 e. The Morgan fingerprint density at radius 3 is 2.29 bits per heavy atom. The van der Waals surface area contributed by atoms with Crippen LogP contribution in [0.2, 0.25) is 5.02 Å². The summed E-state index contributed by atoms with van der Waals surface area (Å²) in [7, 11) is -3.90. The molecule has 0 aliphatic heterocycles. The van der Waals surface area contributed by atoms with Crippen LogP contribution in [0.1, 0.15) is 0 Å². The van der Waals surface area contributed by atoms with Crippen LogP contribution in [0.4, 0.5) is 10.8 Å². The number of rotatable bonds is 6.